The van der Waals surface area contributed by atoms with E-state index in [1.807, 2.05) is 48.0 Å². The highest BCUT2D eigenvalue weighted by Gasteiger charge is 2.17. The van der Waals surface area contributed by atoms with Crippen molar-refractivity contribution in [1.82, 2.24) is 9.88 Å². The van der Waals surface area contributed by atoms with Crippen molar-refractivity contribution in [3.8, 4) is 0 Å². The molecule has 1 aromatic carbocycles. The molecule has 3 nitrogen and oxygen atoms in total. The van der Waals surface area contributed by atoms with Crippen LogP contribution in [0.1, 0.15) is 42.4 Å². The van der Waals surface area contributed by atoms with Crippen molar-refractivity contribution in [2.75, 3.05) is 0 Å². The molecule has 1 atom stereocenters. The summed E-state index contributed by atoms with van der Waals surface area (Å²) >= 11 is 9.59. The van der Waals surface area contributed by atoms with E-state index < -0.39 is 0 Å². The molecule has 1 N–H and O–H groups in total. The lowest BCUT2D eigenvalue weighted by molar-refractivity contribution is 0.0930. The average molecular weight is 370 g/mol. The zero-order valence-electron chi connectivity index (χ0n) is 12.1. The lowest BCUT2D eigenvalue weighted by Crippen LogP contribution is -2.28. The van der Waals surface area contributed by atoms with Gasteiger partial charge in [0, 0.05) is 22.2 Å². The van der Waals surface area contributed by atoms with E-state index in [9.17, 15) is 4.79 Å². The maximum atomic E-state index is 12.5. The number of rotatable bonds is 5. The summed E-state index contributed by atoms with van der Waals surface area (Å²) in [7, 11) is 0. The minimum Gasteiger partial charge on any atom is -0.344 e. The van der Waals surface area contributed by atoms with Gasteiger partial charge in [-0.3, -0.25) is 4.79 Å². The van der Waals surface area contributed by atoms with Gasteiger partial charge in [-0.25, -0.2) is 0 Å². The van der Waals surface area contributed by atoms with E-state index in [0.29, 0.717) is 10.7 Å². The Balaban J connectivity index is 2.16. The summed E-state index contributed by atoms with van der Waals surface area (Å²) in [5.41, 5.74) is 1.57. The van der Waals surface area contributed by atoms with Gasteiger partial charge >= 0.3 is 0 Å². The minimum absolute atomic E-state index is 0.0958. The van der Waals surface area contributed by atoms with Crippen LogP contribution in [0.3, 0.4) is 0 Å². The number of nitrogens with zero attached hydrogens (tertiary/aromatic N) is 1. The second-order valence-electron chi connectivity index (χ2n) is 4.95. The Labute approximate surface area is 138 Å². The van der Waals surface area contributed by atoms with Crippen LogP contribution in [0.2, 0.25) is 5.02 Å². The summed E-state index contributed by atoms with van der Waals surface area (Å²) in [6.07, 6.45) is 2.90. The summed E-state index contributed by atoms with van der Waals surface area (Å²) < 4.78 is 2.87. The van der Waals surface area contributed by atoms with Gasteiger partial charge < -0.3 is 9.88 Å². The Hall–Kier alpha value is -1.26. The first-order valence-corrected chi connectivity index (χ1v) is 8.11. The normalized spacial score (nSPS) is 12.2. The molecule has 0 saturated heterocycles. The van der Waals surface area contributed by atoms with Crippen molar-refractivity contribution >= 4 is 33.4 Å². The molecule has 0 radical (unpaired) electrons. The Kier molecular flexibility index (Phi) is 5.48. The van der Waals surface area contributed by atoms with E-state index in [2.05, 4.69) is 28.2 Å². The third-order valence-corrected chi connectivity index (χ3v) is 4.06. The molecule has 0 bridgehead atoms. The first-order valence-electron chi connectivity index (χ1n) is 6.94. The molecule has 5 heteroatoms. The number of hydrogen-bond donors (Lipinski definition) is 1. The molecule has 0 fully saturated rings. The first kappa shape index (κ1) is 16.1. The Bertz CT molecular complexity index is 639. The second kappa shape index (κ2) is 7.14. The molecule has 1 aromatic heterocycles. The number of halogens is 2. The van der Waals surface area contributed by atoms with Gasteiger partial charge in [-0.15, -0.1) is 0 Å². The zero-order valence-corrected chi connectivity index (χ0v) is 14.4. The lowest BCUT2D eigenvalue weighted by atomic mass is 10.1. The fraction of sp³-hybridized carbons (Fsp3) is 0.312. The van der Waals surface area contributed by atoms with Crippen LogP contribution < -0.4 is 5.32 Å². The van der Waals surface area contributed by atoms with Crippen molar-refractivity contribution in [2.24, 2.45) is 0 Å². The van der Waals surface area contributed by atoms with E-state index in [1.54, 1.807) is 0 Å². The highest BCUT2D eigenvalue weighted by atomic mass is 79.9. The first-order chi connectivity index (χ1) is 10.0. The van der Waals surface area contributed by atoms with Crippen LogP contribution in [-0.2, 0) is 6.54 Å². The van der Waals surface area contributed by atoms with Crippen LogP contribution in [0.25, 0.3) is 0 Å². The maximum absolute atomic E-state index is 12.5. The van der Waals surface area contributed by atoms with Crippen LogP contribution in [0.5, 0.6) is 0 Å². The molecular formula is C16H18BrClN2O. The highest BCUT2D eigenvalue weighted by molar-refractivity contribution is 9.10. The van der Waals surface area contributed by atoms with E-state index in [1.165, 1.54) is 0 Å². The summed E-state index contributed by atoms with van der Waals surface area (Å²) in [6.45, 7) is 4.83. The molecule has 0 spiro atoms. The predicted molar refractivity (Wildman–Crippen MR) is 89.8 cm³/mol. The third kappa shape index (κ3) is 3.89. The third-order valence-electron chi connectivity index (χ3n) is 3.28. The second-order valence-corrected chi connectivity index (χ2v) is 6.28. The Morgan fingerprint density at radius 3 is 2.81 bits per heavy atom. The van der Waals surface area contributed by atoms with E-state index in [0.717, 1.165) is 23.0 Å². The molecule has 1 heterocycles. The average Bonchev–Trinajstić information content (AvgIpc) is 2.80. The minimum atomic E-state index is -0.144. The summed E-state index contributed by atoms with van der Waals surface area (Å²) in [6, 6.07) is 9.24. The van der Waals surface area contributed by atoms with Crippen LogP contribution in [-0.4, -0.2) is 10.5 Å². The molecular weight excluding hydrogens is 352 g/mol. The highest BCUT2D eigenvalue weighted by Crippen LogP contribution is 2.23. The fourth-order valence-corrected chi connectivity index (χ4v) is 3.03. The molecule has 0 aliphatic heterocycles. The van der Waals surface area contributed by atoms with Gasteiger partial charge in [0.15, 0.2) is 0 Å². The van der Waals surface area contributed by atoms with Gasteiger partial charge in [0.1, 0.15) is 5.69 Å². The van der Waals surface area contributed by atoms with Gasteiger partial charge in [-0.1, -0.05) is 36.7 Å². The standard InChI is InChI=1S/C16H18BrClN2O/c1-3-8-20-10-12(17)9-15(20)16(21)19-11(2)13-6-4-5-7-14(13)18/h4-7,9-11H,3,8H2,1-2H3,(H,19,21). The van der Waals surface area contributed by atoms with Crippen LogP contribution in [0, 0.1) is 0 Å². The topological polar surface area (TPSA) is 34.0 Å². The number of aryl methyl sites for hydroxylation is 1. The largest absolute Gasteiger partial charge is 0.344 e. The maximum Gasteiger partial charge on any atom is 0.268 e. The van der Waals surface area contributed by atoms with Crippen molar-refractivity contribution in [3.05, 3.63) is 57.3 Å². The van der Waals surface area contributed by atoms with E-state index >= 15 is 0 Å². The molecule has 2 aromatic rings. The molecule has 1 unspecified atom stereocenters. The molecule has 0 aliphatic carbocycles. The molecule has 0 saturated carbocycles. The van der Waals surface area contributed by atoms with Gasteiger partial charge in [0.25, 0.3) is 5.91 Å². The summed E-state index contributed by atoms with van der Waals surface area (Å²) in [5, 5.41) is 3.66. The Morgan fingerprint density at radius 2 is 2.14 bits per heavy atom. The monoisotopic (exact) mass is 368 g/mol. The summed E-state index contributed by atoms with van der Waals surface area (Å²) in [4.78, 5) is 12.5. The van der Waals surface area contributed by atoms with Gasteiger partial charge in [-0.2, -0.15) is 0 Å². The number of carbonyl (C=O) groups excluding carboxylic acids is 1. The smallest absolute Gasteiger partial charge is 0.268 e. The molecule has 112 valence electrons. The van der Waals surface area contributed by atoms with Crippen molar-refractivity contribution in [2.45, 2.75) is 32.9 Å². The fourth-order valence-electron chi connectivity index (χ4n) is 2.27. The zero-order chi connectivity index (χ0) is 15.4. The van der Waals surface area contributed by atoms with Gasteiger partial charge in [0.2, 0.25) is 0 Å². The Morgan fingerprint density at radius 1 is 1.43 bits per heavy atom. The molecule has 2 rings (SSSR count). The predicted octanol–water partition coefficient (Wildman–Crippen LogP) is 4.81. The summed E-state index contributed by atoms with van der Waals surface area (Å²) in [5.74, 6) is -0.0958. The number of amides is 1. The number of aromatic nitrogens is 1. The van der Waals surface area contributed by atoms with Crippen LogP contribution in [0.15, 0.2) is 41.0 Å². The van der Waals surface area contributed by atoms with Crippen LogP contribution >= 0.6 is 27.5 Å². The van der Waals surface area contributed by atoms with Crippen molar-refractivity contribution < 1.29 is 4.79 Å². The van der Waals surface area contributed by atoms with Crippen molar-refractivity contribution in [1.29, 1.82) is 0 Å². The van der Waals surface area contributed by atoms with E-state index in [4.69, 9.17) is 11.6 Å². The van der Waals surface area contributed by atoms with Gasteiger partial charge in [-0.05, 0) is 47.0 Å². The SMILES string of the molecule is CCCn1cc(Br)cc1C(=O)NC(C)c1ccccc1Cl. The number of nitrogens with one attached hydrogen (secondary N) is 1. The number of benzene rings is 1. The number of carbonyl (C=O) groups is 1. The molecule has 1 amide bonds. The van der Waals surface area contributed by atoms with E-state index in [-0.39, 0.29) is 11.9 Å². The molecule has 21 heavy (non-hydrogen) atoms. The lowest BCUT2D eigenvalue weighted by Gasteiger charge is -2.16. The van der Waals surface area contributed by atoms with Crippen molar-refractivity contribution in [3.63, 3.8) is 0 Å². The van der Waals surface area contributed by atoms with Crippen LogP contribution in [0.4, 0.5) is 0 Å². The molecule has 0 aliphatic rings. The number of hydrogen-bond acceptors (Lipinski definition) is 1. The van der Waals surface area contributed by atoms with Gasteiger partial charge in [0.05, 0.1) is 6.04 Å². The quantitative estimate of drug-likeness (QED) is 0.806.